The van der Waals surface area contributed by atoms with E-state index in [2.05, 4.69) is 15.1 Å². The van der Waals surface area contributed by atoms with Gasteiger partial charge in [-0.2, -0.15) is 5.10 Å². The molecule has 7 heteroatoms. The number of hydrazone groups is 1. The van der Waals surface area contributed by atoms with Gasteiger partial charge in [-0.05, 0) is 44.2 Å². The Labute approximate surface area is 156 Å². The highest BCUT2D eigenvalue weighted by molar-refractivity contribution is 5.95. The molecule has 0 saturated carbocycles. The standard InChI is InChI=1S/C20H18N4O3/c1-14-9-10-15(2)23(14)18-7-4-6-17(12-18)20(25)22-21-13-16-5-3-8-19(11-16)24(26)27/h3-13H,1-2H3,(H,22,25)/b21-13+. The van der Waals surface area contributed by atoms with Crippen LogP contribution in [-0.2, 0) is 0 Å². The van der Waals surface area contributed by atoms with Crippen molar-refractivity contribution in [2.75, 3.05) is 0 Å². The van der Waals surface area contributed by atoms with Gasteiger partial charge in [-0.3, -0.25) is 14.9 Å². The van der Waals surface area contributed by atoms with Crippen LogP contribution >= 0.6 is 0 Å². The second-order valence-electron chi connectivity index (χ2n) is 6.05. The predicted octanol–water partition coefficient (Wildman–Crippen LogP) is 3.77. The van der Waals surface area contributed by atoms with Crippen LogP contribution in [0.4, 0.5) is 5.69 Å². The van der Waals surface area contributed by atoms with Crippen LogP contribution in [0.2, 0.25) is 0 Å². The van der Waals surface area contributed by atoms with E-state index in [4.69, 9.17) is 0 Å². The molecule has 3 rings (SSSR count). The molecule has 0 aliphatic carbocycles. The summed E-state index contributed by atoms with van der Waals surface area (Å²) in [5.74, 6) is -0.360. The molecule has 0 aliphatic rings. The van der Waals surface area contributed by atoms with Gasteiger partial charge in [-0.1, -0.05) is 18.2 Å². The number of hydrogen-bond donors (Lipinski definition) is 1. The summed E-state index contributed by atoms with van der Waals surface area (Å²) in [6.45, 7) is 4.01. The topological polar surface area (TPSA) is 89.5 Å². The molecule has 0 unspecified atom stereocenters. The summed E-state index contributed by atoms with van der Waals surface area (Å²) in [5.41, 5.74) is 6.46. The molecule has 0 atom stereocenters. The van der Waals surface area contributed by atoms with Crippen molar-refractivity contribution < 1.29 is 9.72 Å². The van der Waals surface area contributed by atoms with Gasteiger partial charge in [0, 0.05) is 40.3 Å². The van der Waals surface area contributed by atoms with E-state index in [1.165, 1.54) is 18.3 Å². The van der Waals surface area contributed by atoms with Crippen molar-refractivity contribution in [1.82, 2.24) is 9.99 Å². The van der Waals surface area contributed by atoms with Crippen molar-refractivity contribution in [3.05, 3.63) is 93.3 Å². The number of rotatable bonds is 5. The van der Waals surface area contributed by atoms with Gasteiger partial charge in [0.1, 0.15) is 0 Å². The van der Waals surface area contributed by atoms with Crippen molar-refractivity contribution in [1.29, 1.82) is 0 Å². The maximum atomic E-state index is 12.4. The molecule has 1 amide bonds. The fourth-order valence-corrected chi connectivity index (χ4v) is 2.81. The van der Waals surface area contributed by atoms with Gasteiger partial charge >= 0.3 is 0 Å². The first kappa shape index (κ1) is 18.1. The number of benzene rings is 2. The number of nitro groups is 1. The van der Waals surface area contributed by atoms with Crippen LogP contribution in [0.3, 0.4) is 0 Å². The van der Waals surface area contributed by atoms with E-state index < -0.39 is 4.92 Å². The summed E-state index contributed by atoms with van der Waals surface area (Å²) in [7, 11) is 0. The SMILES string of the molecule is Cc1ccc(C)n1-c1cccc(C(=O)N/N=C/c2cccc([N+](=O)[O-])c2)c1. The molecule has 0 fully saturated rings. The van der Waals surface area contributed by atoms with Crippen LogP contribution in [0.15, 0.2) is 65.8 Å². The summed E-state index contributed by atoms with van der Waals surface area (Å²) in [4.78, 5) is 22.7. The second-order valence-corrected chi connectivity index (χ2v) is 6.05. The average molecular weight is 362 g/mol. The quantitative estimate of drug-likeness (QED) is 0.426. The number of nitrogens with zero attached hydrogens (tertiary/aromatic N) is 3. The zero-order valence-electron chi connectivity index (χ0n) is 14.9. The molecular formula is C20H18N4O3. The number of amides is 1. The highest BCUT2D eigenvalue weighted by Crippen LogP contribution is 2.17. The minimum atomic E-state index is -0.480. The smallest absolute Gasteiger partial charge is 0.271 e. The molecule has 1 heterocycles. The fraction of sp³-hybridized carbons (Fsp3) is 0.100. The Morgan fingerprint density at radius 1 is 1.07 bits per heavy atom. The third-order valence-electron chi connectivity index (χ3n) is 4.10. The van der Waals surface area contributed by atoms with Crippen molar-refractivity contribution in [3.63, 3.8) is 0 Å². The van der Waals surface area contributed by atoms with Crippen LogP contribution in [0, 0.1) is 24.0 Å². The molecule has 136 valence electrons. The molecule has 27 heavy (non-hydrogen) atoms. The Hall–Kier alpha value is -3.74. The lowest BCUT2D eigenvalue weighted by Gasteiger charge is -2.10. The summed E-state index contributed by atoms with van der Waals surface area (Å²) >= 11 is 0. The minimum absolute atomic E-state index is 0.0320. The molecule has 7 nitrogen and oxygen atoms in total. The Morgan fingerprint density at radius 3 is 2.48 bits per heavy atom. The molecule has 0 saturated heterocycles. The molecule has 0 radical (unpaired) electrons. The third-order valence-corrected chi connectivity index (χ3v) is 4.10. The number of aromatic nitrogens is 1. The molecule has 0 spiro atoms. The van der Waals surface area contributed by atoms with Crippen LogP contribution in [0.1, 0.15) is 27.3 Å². The summed E-state index contributed by atoms with van der Waals surface area (Å²) < 4.78 is 2.06. The second kappa shape index (κ2) is 7.65. The van der Waals surface area contributed by atoms with Gasteiger partial charge in [-0.15, -0.1) is 0 Å². The predicted molar refractivity (Wildman–Crippen MR) is 103 cm³/mol. The number of hydrogen-bond acceptors (Lipinski definition) is 4. The monoisotopic (exact) mass is 362 g/mol. The van der Waals surface area contributed by atoms with E-state index in [1.807, 2.05) is 38.1 Å². The molecule has 0 bridgehead atoms. The number of carbonyl (C=O) groups is 1. The van der Waals surface area contributed by atoms with E-state index in [0.29, 0.717) is 11.1 Å². The first-order chi connectivity index (χ1) is 13.0. The Kier molecular flexibility index (Phi) is 5.12. The summed E-state index contributed by atoms with van der Waals surface area (Å²) in [6, 6.07) is 17.3. The lowest BCUT2D eigenvalue weighted by molar-refractivity contribution is -0.384. The fourth-order valence-electron chi connectivity index (χ4n) is 2.81. The molecule has 1 aromatic heterocycles. The molecule has 1 N–H and O–H groups in total. The van der Waals surface area contributed by atoms with Crippen LogP contribution in [0.5, 0.6) is 0 Å². The van der Waals surface area contributed by atoms with Crippen molar-refractivity contribution >= 4 is 17.8 Å². The number of non-ortho nitro benzene ring substituents is 1. The van der Waals surface area contributed by atoms with Crippen LogP contribution < -0.4 is 5.43 Å². The van der Waals surface area contributed by atoms with E-state index in [-0.39, 0.29) is 11.6 Å². The van der Waals surface area contributed by atoms with E-state index in [1.54, 1.807) is 24.3 Å². The highest BCUT2D eigenvalue weighted by atomic mass is 16.6. The van der Waals surface area contributed by atoms with Crippen LogP contribution in [-0.4, -0.2) is 21.6 Å². The van der Waals surface area contributed by atoms with Crippen LogP contribution in [0.25, 0.3) is 5.69 Å². The first-order valence-corrected chi connectivity index (χ1v) is 8.29. The Morgan fingerprint density at radius 2 is 1.78 bits per heavy atom. The maximum Gasteiger partial charge on any atom is 0.271 e. The Bertz CT molecular complexity index is 1020. The lowest BCUT2D eigenvalue weighted by Crippen LogP contribution is -2.18. The molecular weight excluding hydrogens is 344 g/mol. The van der Waals surface area contributed by atoms with Gasteiger partial charge in [0.2, 0.25) is 0 Å². The average Bonchev–Trinajstić information content (AvgIpc) is 3.00. The number of carbonyl (C=O) groups excluding carboxylic acids is 1. The number of aryl methyl sites for hydroxylation is 2. The molecule has 0 aliphatic heterocycles. The number of nitro benzene ring substituents is 1. The Balaban J connectivity index is 1.74. The minimum Gasteiger partial charge on any atom is -0.318 e. The lowest BCUT2D eigenvalue weighted by atomic mass is 10.2. The maximum absolute atomic E-state index is 12.4. The van der Waals surface area contributed by atoms with Gasteiger partial charge in [0.05, 0.1) is 11.1 Å². The van der Waals surface area contributed by atoms with Gasteiger partial charge in [0.25, 0.3) is 11.6 Å². The number of nitrogens with one attached hydrogen (secondary N) is 1. The van der Waals surface area contributed by atoms with E-state index in [9.17, 15) is 14.9 Å². The van der Waals surface area contributed by atoms with E-state index >= 15 is 0 Å². The molecule has 2 aromatic carbocycles. The highest BCUT2D eigenvalue weighted by Gasteiger charge is 2.09. The first-order valence-electron chi connectivity index (χ1n) is 8.29. The van der Waals surface area contributed by atoms with Crippen molar-refractivity contribution in [2.45, 2.75) is 13.8 Å². The zero-order chi connectivity index (χ0) is 19.4. The zero-order valence-corrected chi connectivity index (χ0v) is 14.9. The summed E-state index contributed by atoms with van der Waals surface area (Å²) in [6.07, 6.45) is 1.37. The van der Waals surface area contributed by atoms with E-state index in [0.717, 1.165) is 17.1 Å². The van der Waals surface area contributed by atoms with Gasteiger partial charge in [-0.25, -0.2) is 5.43 Å². The van der Waals surface area contributed by atoms with Gasteiger partial charge in [0.15, 0.2) is 0 Å². The molecule has 3 aromatic rings. The normalized spacial score (nSPS) is 10.9. The summed E-state index contributed by atoms with van der Waals surface area (Å²) in [5, 5.41) is 14.7. The van der Waals surface area contributed by atoms with Crippen molar-refractivity contribution in [3.8, 4) is 5.69 Å². The van der Waals surface area contributed by atoms with Crippen molar-refractivity contribution in [2.24, 2.45) is 5.10 Å². The largest absolute Gasteiger partial charge is 0.318 e. The third kappa shape index (κ3) is 4.09. The van der Waals surface area contributed by atoms with Gasteiger partial charge < -0.3 is 4.57 Å².